The number of carboxylic acids is 1. The number of ether oxygens (including phenoxy) is 1. The Morgan fingerprint density at radius 3 is 2.74 bits per heavy atom. The van der Waals surface area contributed by atoms with Crippen LogP contribution in [0.2, 0.25) is 0 Å². The fourth-order valence-electron chi connectivity index (χ4n) is 4.06. The second-order valence-electron chi connectivity index (χ2n) is 7.99. The van der Waals surface area contributed by atoms with Crippen molar-refractivity contribution in [3.63, 3.8) is 0 Å². The number of nitrogens with zero attached hydrogens (tertiary/aromatic N) is 4. The molecule has 0 bridgehead atoms. The first-order valence-corrected chi connectivity index (χ1v) is 13.0. The molecule has 4 rings (SSSR count). The van der Waals surface area contributed by atoms with Crippen molar-refractivity contribution in [2.75, 3.05) is 12.3 Å². The Kier molecular flexibility index (Phi) is 8.47. The number of aliphatic carboxylic acids is 1. The molecule has 2 aliphatic rings. The zero-order valence-corrected chi connectivity index (χ0v) is 21.1. The Bertz CT molecular complexity index is 1240. The molecule has 2 aliphatic heterocycles. The molecule has 0 radical (unpaired) electrons. The highest BCUT2D eigenvalue weighted by atomic mass is 32.2. The summed E-state index contributed by atoms with van der Waals surface area (Å²) in [6.07, 6.45) is -1.00. The van der Waals surface area contributed by atoms with Crippen LogP contribution in [-0.2, 0) is 23.9 Å². The fourth-order valence-corrected chi connectivity index (χ4v) is 6.61. The molecule has 4 atom stereocenters. The molecule has 6 N–H and O–H groups in total. The van der Waals surface area contributed by atoms with Crippen LogP contribution in [0.1, 0.15) is 18.1 Å². The highest BCUT2D eigenvalue weighted by molar-refractivity contribution is 8.01. The zero-order valence-electron chi connectivity index (χ0n) is 19.5. The number of aromatic nitrogens is 4. The summed E-state index contributed by atoms with van der Waals surface area (Å²) in [5.41, 5.74) is 5.78. The number of H-pyrrole nitrogens is 1. The van der Waals surface area contributed by atoms with Gasteiger partial charge < -0.3 is 26.2 Å². The smallest absolute Gasteiger partial charge is 0.352 e. The SMILES string of the molecule is NC(=O)NCCC(Sc1nnn[nH]1)C1=C(C(=O)O)N2C(=O)C(NC(=O)C(OC=O)c3ccccc3)[C@@H]2SC1. The molecule has 38 heavy (non-hydrogen) atoms. The predicted molar refractivity (Wildman–Crippen MR) is 132 cm³/mol. The normalized spacial score (nSPS) is 20.0. The number of β-lactam (4-membered cyclic amide) rings is 1. The first-order valence-electron chi connectivity index (χ1n) is 11.1. The maximum atomic E-state index is 13.1. The van der Waals surface area contributed by atoms with Crippen molar-refractivity contribution in [1.29, 1.82) is 0 Å². The molecule has 2 aromatic rings. The van der Waals surface area contributed by atoms with Crippen LogP contribution >= 0.6 is 23.5 Å². The number of nitrogens with two attached hydrogens (primary N) is 1. The van der Waals surface area contributed by atoms with Crippen molar-refractivity contribution in [3.8, 4) is 0 Å². The highest BCUT2D eigenvalue weighted by Gasteiger charge is 2.55. The van der Waals surface area contributed by atoms with E-state index in [9.17, 15) is 29.1 Å². The summed E-state index contributed by atoms with van der Waals surface area (Å²) in [5.74, 6) is -2.44. The quantitative estimate of drug-likeness (QED) is 0.124. The Hall–Kier alpha value is -4.12. The Balaban J connectivity index is 1.55. The molecule has 15 nitrogen and oxygen atoms in total. The summed E-state index contributed by atoms with van der Waals surface area (Å²) in [6.45, 7) is 0.289. The lowest BCUT2D eigenvalue weighted by Gasteiger charge is -2.50. The van der Waals surface area contributed by atoms with Crippen molar-refractivity contribution in [1.82, 2.24) is 36.2 Å². The van der Waals surface area contributed by atoms with Crippen LogP contribution in [0.3, 0.4) is 0 Å². The fraction of sp³-hybridized carbons (Fsp3) is 0.333. The van der Waals surface area contributed by atoms with Gasteiger partial charge in [0.25, 0.3) is 18.3 Å². The van der Waals surface area contributed by atoms with Crippen LogP contribution in [0, 0.1) is 0 Å². The summed E-state index contributed by atoms with van der Waals surface area (Å²) < 4.78 is 4.95. The van der Waals surface area contributed by atoms with E-state index in [2.05, 4.69) is 31.3 Å². The van der Waals surface area contributed by atoms with Crippen LogP contribution in [0.15, 0.2) is 46.8 Å². The average Bonchev–Trinajstić information content (AvgIpc) is 3.42. The summed E-state index contributed by atoms with van der Waals surface area (Å²) in [7, 11) is 0. The average molecular weight is 563 g/mol. The van der Waals surface area contributed by atoms with Crippen molar-refractivity contribution < 1.29 is 33.8 Å². The number of thioether (sulfide) groups is 2. The van der Waals surface area contributed by atoms with Gasteiger partial charge in [-0.2, -0.15) is 0 Å². The number of carboxylic acid groups (broad SMARTS) is 1. The van der Waals surface area contributed by atoms with E-state index in [1.54, 1.807) is 30.3 Å². The molecule has 1 aromatic heterocycles. The summed E-state index contributed by atoms with van der Waals surface area (Å²) in [4.78, 5) is 61.7. The molecule has 3 unspecified atom stereocenters. The van der Waals surface area contributed by atoms with E-state index < -0.39 is 46.6 Å². The number of tetrazole rings is 1. The number of urea groups is 1. The molecule has 1 aromatic carbocycles. The second-order valence-corrected chi connectivity index (χ2v) is 10.3. The van der Waals surface area contributed by atoms with Gasteiger partial charge in [0, 0.05) is 23.1 Å². The van der Waals surface area contributed by atoms with Gasteiger partial charge in [0.15, 0.2) is 0 Å². The van der Waals surface area contributed by atoms with E-state index in [1.807, 2.05) is 0 Å². The zero-order chi connectivity index (χ0) is 27.2. The number of nitrogens with one attached hydrogen (secondary N) is 3. The monoisotopic (exact) mass is 562 g/mol. The minimum atomic E-state index is -1.32. The minimum absolute atomic E-state index is 0.142. The highest BCUT2D eigenvalue weighted by Crippen LogP contribution is 2.44. The van der Waals surface area contributed by atoms with E-state index in [0.29, 0.717) is 16.3 Å². The number of carbonyl (C=O) groups is 5. The number of aromatic amines is 1. The Morgan fingerprint density at radius 2 is 2.11 bits per heavy atom. The van der Waals surface area contributed by atoms with E-state index >= 15 is 0 Å². The van der Waals surface area contributed by atoms with Crippen molar-refractivity contribution in [3.05, 3.63) is 47.2 Å². The van der Waals surface area contributed by atoms with Gasteiger partial charge in [-0.3, -0.25) is 19.3 Å². The topological polar surface area (TPSA) is 223 Å². The Labute approximate surface area is 223 Å². The lowest BCUT2D eigenvalue weighted by atomic mass is 9.99. The Morgan fingerprint density at radius 1 is 1.34 bits per heavy atom. The number of rotatable bonds is 12. The van der Waals surface area contributed by atoms with Crippen molar-refractivity contribution in [2.45, 2.75) is 34.3 Å². The van der Waals surface area contributed by atoms with Gasteiger partial charge in [-0.05, 0) is 22.4 Å². The van der Waals surface area contributed by atoms with Crippen LogP contribution in [0.4, 0.5) is 4.79 Å². The molecule has 17 heteroatoms. The van der Waals surface area contributed by atoms with E-state index in [1.165, 1.54) is 11.8 Å². The number of amides is 4. The van der Waals surface area contributed by atoms with Gasteiger partial charge >= 0.3 is 12.0 Å². The summed E-state index contributed by atoms with van der Waals surface area (Å²) in [6, 6.07) is 6.53. The van der Waals surface area contributed by atoms with E-state index in [4.69, 9.17) is 10.5 Å². The largest absolute Gasteiger partial charge is 0.477 e. The maximum Gasteiger partial charge on any atom is 0.352 e. The molecule has 1 fully saturated rings. The van der Waals surface area contributed by atoms with Crippen molar-refractivity contribution >= 4 is 53.8 Å². The van der Waals surface area contributed by atoms with Gasteiger partial charge in [0.2, 0.25) is 11.3 Å². The lowest BCUT2D eigenvalue weighted by Crippen LogP contribution is -2.71. The second kappa shape index (κ2) is 12.0. The molecular formula is C21H22N8O7S2. The molecule has 0 aliphatic carbocycles. The summed E-state index contributed by atoms with van der Waals surface area (Å²) >= 11 is 2.42. The number of carbonyl (C=O) groups excluding carboxylic acids is 4. The third-order valence-corrected chi connectivity index (χ3v) is 8.21. The molecule has 3 heterocycles. The molecule has 0 spiro atoms. The molecule has 200 valence electrons. The molecule has 0 saturated carbocycles. The van der Waals surface area contributed by atoms with Crippen LogP contribution < -0.4 is 16.4 Å². The minimum Gasteiger partial charge on any atom is -0.477 e. The van der Waals surface area contributed by atoms with E-state index in [0.717, 1.165) is 16.7 Å². The first kappa shape index (κ1) is 26.9. The molecule has 1 saturated heterocycles. The maximum absolute atomic E-state index is 13.1. The number of hydrogen-bond donors (Lipinski definition) is 5. The number of benzene rings is 1. The van der Waals surface area contributed by atoms with Gasteiger partial charge in [-0.25, -0.2) is 14.7 Å². The van der Waals surface area contributed by atoms with Crippen LogP contribution in [0.25, 0.3) is 0 Å². The number of primary amides is 1. The third kappa shape index (κ3) is 5.72. The standard InChI is InChI=1S/C21H22N8O7S2/c22-20(35)23-7-6-12(38-21-25-27-28-26-21)11-8-37-18-13(17(32)29(18)14(11)19(33)34)24-16(31)15(36-9-30)10-4-2-1-3-5-10/h1-5,9,12-13,15,18H,6-8H2,(H,24,31)(H,33,34)(H3,22,23,35)(H,25,26,27,28)/t12?,13?,15?,18-/m0/s1. The van der Waals surface area contributed by atoms with E-state index in [-0.39, 0.29) is 30.9 Å². The van der Waals surface area contributed by atoms with Gasteiger partial charge in [0.1, 0.15) is 17.1 Å². The van der Waals surface area contributed by atoms with Gasteiger partial charge in [-0.15, -0.1) is 16.9 Å². The third-order valence-electron chi connectivity index (χ3n) is 5.70. The van der Waals surface area contributed by atoms with Gasteiger partial charge in [-0.1, -0.05) is 42.1 Å². The van der Waals surface area contributed by atoms with Gasteiger partial charge in [0.05, 0.1) is 0 Å². The van der Waals surface area contributed by atoms with Crippen LogP contribution in [0.5, 0.6) is 0 Å². The number of hydrogen-bond acceptors (Lipinski definition) is 11. The summed E-state index contributed by atoms with van der Waals surface area (Å²) in [5, 5.41) is 27.7. The lowest BCUT2D eigenvalue weighted by molar-refractivity contribution is -0.154. The molecular weight excluding hydrogens is 540 g/mol. The predicted octanol–water partition coefficient (Wildman–Crippen LogP) is -0.628. The van der Waals surface area contributed by atoms with Crippen LogP contribution in [-0.4, -0.2) is 89.9 Å². The molecule has 4 amide bonds. The number of fused-ring (bicyclic) bond motifs is 1. The first-order chi connectivity index (χ1) is 18.3. The van der Waals surface area contributed by atoms with Crippen molar-refractivity contribution in [2.24, 2.45) is 5.73 Å².